The lowest BCUT2D eigenvalue weighted by molar-refractivity contribution is 0.248. The van der Waals surface area contributed by atoms with E-state index in [-0.39, 0.29) is 6.61 Å². The van der Waals surface area contributed by atoms with Gasteiger partial charge in [-0.3, -0.25) is 4.68 Å². The van der Waals surface area contributed by atoms with Gasteiger partial charge in [0, 0.05) is 25.9 Å². The number of aryl methyl sites for hydroxylation is 1. The van der Waals surface area contributed by atoms with E-state index in [4.69, 9.17) is 5.11 Å². The fourth-order valence-corrected chi connectivity index (χ4v) is 1.89. The molecule has 92 valence electrons. The van der Waals surface area contributed by atoms with Gasteiger partial charge in [-0.2, -0.15) is 5.10 Å². The van der Waals surface area contributed by atoms with Crippen molar-refractivity contribution >= 4 is 0 Å². The first-order valence-electron chi connectivity index (χ1n) is 6.01. The molecule has 0 saturated carbocycles. The Morgan fingerprint density at radius 3 is 2.81 bits per heavy atom. The molecule has 4 heteroatoms. The third-order valence-electron chi connectivity index (χ3n) is 3.13. The van der Waals surface area contributed by atoms with Gasteiger partial charge in [-0.1, -0.05) is 13.3 Å². The van der Waals surface area contributed by atoms with E-state index in [1.54, 1.807) is 0 Å². The van der Waals surface area contributed by atoms with Crippen molar-refractivity contribution in [2.75, 3.05) is 13.2 Å². The summed E-state index contributed by atoms with van der Waals surface area (Å²) < 4.78 is 1.89. The van der Waals surface area contributed by atoms with Crippen LogP contribution in [0.15, 0.2) is 12.3 Å². The minimum Gasteiger partial charge on any atom is -0.396 e. The third kappa shape index (κ3) is 3.61. The summed E-state index contributed by atoms with van der Waals surface area (Å²) in [7, 11) is 1.96. The first kappa shape index (κ1) is 13.2. The first-order valence-corrected chi connectivity index (χ1v) is 6.01. The van der Waals surface area contributed by atoms with Crippen LogP contribution in [0.5, 0.6) is 0 Å². The summed E-state index contributed by atoms with van der Waals surface area (Å²) in [5, 5.41) is 16.6. The second-order valence-electron chi connectivity index (χ2n) is 4.30. The van der Waals surface area contributed by atoms with Crippen molar-refractivity contribution in [3.8, 4) is 0 Å². The smallest absolute Gasteiger partial charge is 0.0547 e. The fourth-order valence-electron chi connectivity index (χ4n) is 1.89. The summed E-state index contributed by atoms with van der Waals surface area (Å²) in [6.45, 7) is 5.53. The summed E-state index contributed by atoms with van der Waals surface area (Å²) in [6, 6.07) is 2.34. The molecule has 0 bridgehead atoms. The molecule has 2 atom stereocenters. The van der Waals surface area contributed by atoms with Gasteiger partial charge in [0.15, 0.2) is 0 Å². The minimum absolute atomic E-state index is 0.278. The van der Waals surface area contributed by atoms with Crippen LogP contribution in [0, 0.1) is 5.92 Å². The molecular formula is C12H23N3O. The molecule has 4 nitrogen and oxygen atoms in total. The largest absolute Gasteiger partial charge is 0.396 e. The molecule has 1 aromatic heterocycles. The lowest BCUT2D eigenvalue weighted by atomic mass is 10.0. The Morgan fingerprint density at radius 1 is 1.56 bits per heavy atom. The molecule has 0 amide bonds. The number of nitrogens with one attached hydrogen (secondary N) is 1. The molecule has 1 heterocycles. The normalized spacial score (nSPS) is 15.0. The van der Waals surface area contributed by atoms with Crippen LogP contribution < -0.4 is 5.32 Å². The standard InChI is InChI=1S/C12H23N3O/c1-4-11(6-8-16)9-13-10(2)12-5-7-14-15(12)3/h5,7,10-11,13,16H,4,6,8-9H2,1-3H3. The monoisotopic (exact) mass is 225 g/mol. The summed E-state index contributed by atoms with van der Waals surface area (Å²) >= 11 is 0. The SMILES string of the molecule is CCC(CCO)CNC(C)c1ccnn1C. The van der Waals surface area contributed by atoms with Gasteiger partial charge in [0.1, 0.15) is 0 Å². The van der Waals surface area contributed by atoms with Crippen LogP contribution in [0.4, 0.5) is 0 Å². The number of aromatic nitrogens is 2. The summed E-state index contributed by atoms with van der Waals surface area (Å²) in [5.74, 6) is 0.556. The Morgan fingerprint density at radius 2 is 2.31 bits per heavy atom. The van der Waals surface area contributed by atoms with Crippen molar-refractivity contribution in [3.05, 3.63) is 18.0 Å². The Kier molecular flexibility index (Phi) is 5.49. The van der Waals surface area contributed by atoms with Crippen molar-refractivity contribution in [1.29, 1.82) is 0 Å². The zero-order valence-electron chi connectivity index (χ0n) is 10.5. The lowest BCUT2D eigenvalue weighted by Crippen LogP contribution is -2.27. The molecule has 0 saturated heterocycles. The number of nitrogens with zero attached hydrogens (tertiary/aromatic N) is 2. The van der Waals surface area contributed by atoms with Crippen LogP contribution >= 0.6 is 0 Å². The number of aliphatic hydroxyl groups excluding tert-OH is 1. The van der Waals surface area contributed by atoms with Gasteiger partial charge in [-0.25, -0.2) is 0 Å². The van der Waals surface area contributed by atoms with Crippen LogP contribution in [0.25, 0.3) is 0 Å². The zero-order chi connectivity index (χ0) is 12.0. The number of rotatable bonds is 7. The molecule has 0 fully saturated rings. The van der Waals surface area contributed by atoms with Crippen LogP contribution in [0.3, 0.4) is 0 Å². The van der Waals surface area contributed by atoms with Crippen molar-refractivity contribution in [2.24, 2.45) is 13.0 Å². The Bertz CT molecular complexity index is 298. The Balaban J connectivity index is 2.40. The van der Waals surface area contributed by atoms with Gasteiger partial charge < -0.3 is 10.4 Å². The molecule has 2 unspecified atom stereocenters. The van der Waals surface area contributed by atoms with Gasteiger partial charge in [-0.15, -0.1) is 0 Å². The van der Waals surface area contributed by atoms with Crippen LogP contribution in [0.2, 0.25) is 0 Å². The fraction of sp³-hybridized carbons (Fsp3) is 0.750. The van der Waals surface area contributed by atoms with E-state index in [0.29, 0.717) is 12.0 Å². The first-order chi connectivity index (χ1) is 7.69. The summed E-state index contributed by atoms with van der Waals surface area (Å²) in [4.78, 5) is 0. The second kappa shape index (κ2) is 6.66. The highest BCUT2D eigenvalue weighted by atomic mass is 16.3. The van der Waals surface area contributed by atoms with Gasteiger partial charge >= 0.3 is 0 Å². The van der Waals surface area contributed by atoms with E-state index in [9.17, 15) is 0 Å². The highest BCUT2D eigenvalue weighted by Gasteiger charge is 2.11. The molecular weight excluding hydrogens is 202 g/mol. The number of hydrogen-bond acceptors (Lipinski definition) is 3. The maximum absolute atomic E-state index is 8.92. The highest BCUT2D eigenvalue weighted by molar-refractivity contribution is 5.05. The summed E-state index contributed by atoms with van der Waals surface area (Å²) in [5.41, 5.74) is 1.19. The number of hydrogen-bond donors (Lipinski definition) is 2. The molecule has 1 aromatic rings. The Labute approximate surface area is 97.7 Å². The van der Waals surface area contributed by atoms with E-state index >= 15 is 0 Å². The van der Waals surface area contributed by atoms with E-state index in [0.717, 1.165) is 19.4 Å². The minimum atomic E-state index is 0.278. The van der Waals surface area contributed by atoms with Gasteiger partial charge in [-0.05, 0) is 31.9 Å². The molecule has 16 heavy (non-hydrogen) atoms. The molecule has 0 aliphatic rings. The van der Waals surface area contributed by atoms with Gasteiger partial charge in [0.25, 0.3) is 0 Å². The van der Waals surface area contributed by atoms with E-state index in [2.05, 4.69) is 24.3 Å². The van der Waals surface area contributed by atoms with Crippen molar-refractivity contribution < 1.29 is 5.11 Å². The van der Waals surface area contributed by atoms with E-state index in [1.165, 1.54) is 5.69 Å². The maximum Gasteiger partial charge on any atom is 0.0547 e. The van der Waals surface area contributed by atoms with E-state index < -0.39 is 0 Å². The predicted octanol–water partition coefficient (Wildman–Crippen LogP) is 1.48. The molecule has 0 spiro atoms. The topological polar surface area (TPSA) is 50.1 Å². The van der Waals surface area contributed by atoms with Gasteiger partial charge in [0.05, 0.1) is 5.69 Å². The molecule has 0 aliphatic heterocycles. The average Bonchev–Trinajstić information content (AvgIpc) is 2.70. The van der Waals surface area contributed by atoms with Crippen LogP contribution in [-0.4, -0.2) is 28.0 Å². The van der Waals surface area contributed by atoms with Crippen molar-refractivity contribution in [3.63, 3.8) is 0 Å². The van der Waals surface area contributed by atoms with Crippen LogP contribution in [0.1, 0.15) is 38.4 Å². The molecule has 0 aliphatic carbocycles. The van der Waals surface area contributed by atoms with Gasteiger partial charge in [0.2, 0.25) is 0 Å². The van der Waals surface area contributed by atoms with Crippen molar-refractivity contribution in [2.45, 2.75) is 32.7 Å². The second-order valence-corrected chi connectivity index (χ2v) is 4.30. The molecule has 0 radical (unpaired) electrons. The highest BCUT2D eigenvalue weighted by Crippen LogP contribution is 2.12. The Hall–Kier alpha value is -0.870. The van der Waals surface area contributed by atoms with Crippen molar-refractivity contribution in [1.82, 2.24) is 15.1 Å². The maximum atomic E-state index is 8.92. The predicted molar refractivity (Wildman–Crippen MR) is 65.1 cm³/mol. The average molecular weight is 225 g/mol. The quantitative estimate of drug-likeness (QED) is 0.739. The molecule has 1 rings (SSSR count). The molecule has 2 N–H and O–H groups in total. The lowest BCUT2D eigenvalue weighted by Gasteiger charge is -2.19. The molecule has 0 aromatic carbocycles. The number of aliphatic hydroxyl groups is 1. The summed E-state index contributed by atoms with van der Waals surface area (Å²) in [6.07, 6.45) is 3.80. The van der Waals surface area contributed by atoms with E-state index in [1.807, 2.05) is 24.0 Å². The third-order valence-corrected chi connectivity index (χ3v) is 3.13. The zero-order valence-corrected chi connectivity index (χ0v) is 10.5. The van der Waals surface area contributed by atoms with Crippen LogP contribution in [-0.2, 0) is 7.05 Å².